The van der Waals surface area contributed by atoms with Gasteiger partial charge in [-0.2, -0.15) is 0 Å². The molecule has 2 N–H and O–H groups in total. The Labute approximate surface area is 135 Å². The first-order chi connectivity index (χ1) is 10.9. The first-order valence-corrected chi connectivity index (χ1v) is 8.61. The number of hydrogen-bond acceptors (Lipinski definition) is 3. The first-order valence-electron chi connectivity index (χ1n) is 7.73. The van der Waals surface area contributed by atoms with E-state index in [9.17, 15) is 0 Å². The van der Waals surface area contributed by atoms with Crippen LogP contribution in [0.15, 0.2) is 60.0 Å². The van der Waals surface area contributed by atoms with E-state index in [1.54, 1.807) is 11.3 Å². The highest BCUT2D eigenvalue weighted by atomic mass is 32.1. The Morgan fingerprint density at radius 3 is 2.59 bits per heavy atom. The van der Waals surface area contributed by atoms with E-state index in [0.29, 0.717) is 0 Å². The van der Waals surface area contributed by atoms with Gasteiger partial charge in [-0.3, -0.25) is 0 Å². The number of hydrogen-bond donors (Lipinski definition) is 2. The van der Waals surface area contributed by atoms with Gasteiger partial charge in [0.1, 0.15) is 0 Å². The summed E-state index contributed by atoms with van der Waals surface area (Å²) in [6, 6.07) is 19.3. The molecule has 22 heavy (non-hydrogen) atoms. The summed E-state index contributed by atoms with van der Waals surface area (Å²) < 4.78 is 1.34. The van der Waals surface area contributed by atoms with Crippen LogP contribution in [-0.2, 0) is 6.54 Å². The van der Waals surface area contributed by atoms with Crippen LogP contribution in [0.3, 0.4) is 0 Å². The van der Waals surface area contributed by atoms with Gasteiger partial charge in [0.15, 0.2) is 0 Å². The first kappa shape index (κ1) is 15.2. The van der Waals surface area contributed by atoms with E-state index in [2.05, 4.69) is 59.2 Å². The lowest BCUT2D eigenvalue weighted by molar-refractivity contribution is 0.275. The van der Waals surface area contributed by atoms with Gasteiger partial charge < -0.3 is 10.4 Å². The van der Waals surface area contributed by atoms with Gasteiger partial charge in [-0.25, -0.2) is 0 Å². The molecule has 3 rings (SSSR count). The minimum atomic E-state index is 0.242. The molecule has 0 spiro atoms. The quantitative estimate of drug-likeness (QED) is 0.673. The van der Waals surface area contributed by atoms with Crippen molar-refractivity contribution in [3.63, 3.8) is 0 Å². The fourth-order valence-electron chi connectivity index (χ4n) is 2.77. The van der Waals surface area contributed by atoms with Crippen molar-refractivity contribution in [1.82, 2.24) is 5.32 Å². The fourth-order valence-corrected chi connectivity index (χ4v) is 3.73. The van der Waals surface area contributed by atoms with Gasteiger partial charge in [0, 0.05) is 23.9 Å². The number of thiophene rings is 1. The summed E-state index contributed by atoms with van der Waals surface area (Å²) in [6.45, 7) is 1.10. The molecule has 0 fully saturated rings. The number of nitrogens with one attached hydrogen (secondary N) is 1. The van der Waals surface area contributed by atoms with Crippen LogP contribution in [0.2, 0.25) is 0 Å². The molecule has 1 aromatic heterocycles. The molecule has 0 saturated heterocycles. The maximum absolute atomic E-state index is 9.13. The van der Waals surface area contributed by atoms with E-state index < -0.39 is 0 Å². The maximum atomic E-state index is 9.13. The van der Waals surface area contributed by atoms with E-state index >= 15 is 0 Å². The molecule has 2 aromatic carbocycles. The van der Waals surface area contributed by atoms with Crippen LogP contribution in [0, 0.1) is 0 Å². The zero-order valence-electron chi connectivity index (χ0n) is 12.5. The van der Waals surface area contributed by atoms with Crippen molar-refractivity contribution in [2.24, 2.45) is 0 Å². The highest BCUT2D eigenvalue weighted by molar-refractivity contribution is 7.17. The van der Waals surface area contributed by atoms with Crippen molar-refractivity contribution in [3.8, 4) is 0 Å². The lowest BCUT2D eigenvalue weighted by Crippen LogP contribution is -2.21. The average Bonchev–Trinajstić information content (AvgIpc) is 2.99. The normalized spacial score (nSPS) is 12.6. The van der Waals surface area contributed by atoms with Crippen LogP contribution >= 0.6 is 11.3 Å². The molecule has 3 aromatic rings. The molecule has 0 amide bonds. The second-order valence-corrected chi connectivity index (χ2v) is 6.38. The van der Waals surface area contributed by atoms with Gasteiger partial charge in [-0.05, 0) is 40.8 Å². The number of rotatable bonds is 7. The molecule has 1 heterocycles. The number of fused-ring (bicyclic) bond motifs is 1. The van der Waals surface area contributed by atoms with Gasteiger partial charge in [0.25, 0.3) is 0 Å². The zero-order valence-corrected chi connectivity index (χ0v) is 13.4. The van der Waals surface area contributed by atoms with Gasteiger partial charge in [-0.1, -0.05) is 48.5 Å². The van der Waals surface area contributed by atoms with E-state index in [-0.39, 0.29) is 12.6 Å². The molecule has 0 radical (unpaired) electrons. The number of aliphatic hydroxyl groups excluding tert-OH is 1. The second kappa shape index (κ2) is 7.54. The van der Waals surface area contributed by atoms with Crippen molar-refractivity contribution >= 4 is 21.4 Å². The highest BCUT2D eigenvalue weighted by Crippen LogP contribution is 2.26. The molecule has 0 bridgehead atoms. The Kier molecular flexibility index (Phi) is 5.22. The van der Waals surface area contributed by atoms with Gasteiger partial charge >= 0.3 is 0 Å². The summed E-state index contributed by atoms with van der Waals surface area (Å²) in [5, 5.41) is 16.4. The molecule has 2 nitrogen and oxygen atoms in total. The SMILES string of the molecule is OCCCC(NCc1csc2ccccc12)c1ccccc1. The average molecular weight is 311 g/mol. The van der Waals surface area contributed by atoms with Crippen molar-refractivity contribution in [3.05, 3.63) is 71.1 Å². The largest absolute Gasteiger partial charge is 0.396 e. The molecule has 0 saturated carbocycles. The summed E-state index contributed by atoms with van der Waals surface area (Å²) >= 11 is 1.80. The van der Waals surface area contributed by atoms with Crippen molar-refractivity contribution in [2.45, 2.75) is 25.4 Å². The Morgan fingerprint density at radius 1 is 1.00 bits per heavy atom. The summed E-state index contributed by atoms with van der Waals surface area (Å²) in [7, 11) is 0. The highest BCUT2D eigenvalue weighted by Gasteiger charge is 2.11. The van der Waals surface area contributed by atoms with E-state index in [4.69, 9.17) is 5.11 Å². The van der Waals surface area contributed by atoms with Crippen molar-refractivity contribution in [2.75, 3.05) is 6.61 Å². The zero-order chi connectivity index (χ0) is 15.2. The van der Waals surface area contributed by atoms with Crippen LogP contribution in [0.25, 0.3) is 10.1 Å². The van der Waals surface area contributed by atoms with Crippen molar-refractivity contribution in [1.29, 1.82) is 0 Å². The van der Waals surface area contributed by atoms with Gasteiger partial charge in [0.05, 0.1) is 0 Å². The van der Waals surface area contributed by atoms with Crippen LogP contribution < -0.4 is 5.32 Å². The van der Waals surface area contributed by atoms with E-state index in [0.717, 1.165) is 19.4 Å². The molecular formula is C19H21NOS. The summed E-state index contributed by atoms with van der Waals surface area (Å²) in [4.78, 5) is 0. The van der Waals surface area contributed by atoms with Gasteiger partial charge in [0.2, 0.25) is 0 Å². The molecular weight excluding hydrogens is 290 g/mol. The van der Waals surface area contributed by atoms with E-state index in [1.807, 2.05) is 6.07 Å². The Morgan fingerprint density at radius 2 is 1.77 bits per heavy atom. The fraction of sp³-hybridized carbons (Fsp3) is 0.263. The van der Waals surface area contributed by atoms with E-state index in [1.165, 1.54) is 21.2 Å². The minimum Gasteiger partial charge on any atom is -0.396 e. The Balaban J connectivity index is 1.73. The third kappa shape index (κ3) is 3.55. The molecule has 1 unspecified atom stereocenters. The smallest absolute Gasteiger partial charge is 0.0431 e. The predicted octanol–water partition coefficient (Wildman–Crippen LogP) is 4.50. The second-order valence-electron chi connectivity index (χ2n) is 5.47. The molecule has 0 aliphatic rings. The monoisotopic (exact) mass is 311 g/mol. The van der Waals surface area contributed by atoms with Crippen LogP contribution in [0.4, 0.5) is 0 Å². The van der Waals surface area contributed by atoms with Crippen LogP contribution in [-0.4, -0.2) is 11.7 Å². The molecule has 0 aliphatic heterocycles. The number of aliphatic hydroxyl groups is 1. The standard InChI is InChI=1S/C19H21NOS/c21-12-6-10-18(15-7-2-1-3-8-15)20-13-16-14-22-19-11-5-4-9-17(16)19/h1-5,7-9,11,14,18,20-21H,6,10,12-13H2. The molecule has 114 valence electrons. The minimum absolute atomic E-state index is 0.242. The summed E-state index contributed by atoms with van der Waals surface area (Å²) in [5.41, 5.74) is 2.64. The van der Waals surface area contributed by atoms with Crippen molar-refractivity contribution < 1.29 is 5.11 Å². The maximum Gasteiger partial charge on any atom is 0.0431 e. The molecule has 3 heteroatoms. The topological polar surface area (TPSA) is 32.3 Å². The summed E-state index contributed by atoms with van der Waals surface area (Å²) in [6.07, 6.45) is 1.76. The van der Waals surface area contributed by atoms with Crippen LogP contribution in [0.1, 0.15) is 30.0 Å². The third-order valence-corrected chi connectivity index (χ3v) is 4.97. The predicted molar refractivity (Wildman–Crippen MR) is 94.2 cm³/mol. The Bertz CT molecular complexity index is 708. The molecule has 1 atom stereocenters. The lowest BCUT2D eigenvalue weighted by Gasteiger charge is -2.19. The summed E-state index contributed by atoms with van der Waals surface area (Å²) in [5.74, 6) is 0. The van der Waals surface area contributed by atoms with Gasteiger partial charge in [-0.15, -0.1) is 11.3 Å². The molecule has 0 aliphatic carbocycles. The number of benzene rings is 2. The Hall–Kier alpha value is -1.68. The van der Waals surface area contributed by atoms with Crippen LogP contribution in [0.5, 0.6) is 0 Å². The lowest BCUT2D eigenvalue weighted by atomic mass is 10.0. The third-order valence-electron chi connectivity index (χ3n) is 3.95.